The number of halogens is 3. The van der Waals surface area contributed by atoms with Crippen LogP contribution in [0.4, 0.5) is 10.5 Å². The van der Waals surface area contributed by atoms with Crippen molar-refractivity contribution in [3.05, 3.63) is 56.0 Å². The number of methoxy groups -OCH3 is 1. The first-order chi connectivity index (χ1) is 15.2. The van der Waals surface area contributed by atoms with Crippen LogP contribution in [0.5, 0.6) is 11.5 Å². The van der Waals surface area contributed by atoms with Crippen LogP contribution in [0.2, 0.25) is 10.0 Å². The highest BCUT2D eigenvalue weighted by molar-refractivity contribution is 9.10. The molecule has 0 aliphatic carbocycles. The van der Waals surface area contributed by atoms with Crippen molar-refractivity contribution in [3.8, 4) is 11.5 Å². The van der Waals surface area contributed by atoms with Crippen molar-refractivity contribution in [1.29, 1.82) is 0 Å². The average Bonchev–Trinajstić information content (AvgIpc) is 2.72. The van der Waals surface area contributed by atoms with E-state index in [1.807, 2.05) is 10.6 Å². The number of amides is 5. The third-order valence-electron chi connectivity index (χ3n) is 4.06. The van der Waals surface area contributed by atoms with Gasteiger partial charge in [-0.3, -0.25) is 25.0 Å². The van der Waals surface area contributed by atoms with Crippen LogP contribution in [0.25, 0.3) is 6.08 Å². The fourth-order valence-corrected chi connectivity index (χ4v) is 3.52. The van der Waals surface area contributed by atoms with Gasteiger partial charge in [0, 0.05) is 5.69 Å². The predicted octanol–water partition coefficient (Wildman–Crippen LogP) is 3.53. The molecule has 0 radical (unpaired) electrons. The zero-order chi connectivity index (χ0) is 23.4. The summed E-state index contributed by atoms with van der Waals surface area (Å²) in [7, 11) is 1.39. The predicted molar refractivity (Wildman–Crippen MR) is 121 cm³/mol. The molecule has 1 aliphatic rings. The number of anilines is 1. The van der Waals surface area contributed by atoms with E-state index in [4.69, 9.17) is 32.7 Å². The highest BCUT2D eigenvalue weighted by Crippen LogP contribution is 2.37. The Kier molecular flexibility index (Phi) is 7.39. The Labute approximate surface area is 200 Å². The highest BCUT2D eigenvalue weighted by atomic mass is 79.9. The SMILES string of the molecule is COc1cc(C=C2C(=O)NC(=O)NC2=O)cc(Br)c1OCC(=O)Nc1ccc(Cl)c(Cl)c1. The number of carbonyl (C=O) groups is 4. The number of barbiturate groups is 1. The lowest BCUT2D eigenvalue weighted by Crippen LogP contribution is -2.51. The number of hydrogen-bond donors (Lipinski definition) is 3. The third-order valence-corrected chi connectivity index (χ3v) is 5.39. The Hall–Kier alpha value is -3.08. The van der Waals surface area contributed by atoms with Gasteiger partial charge in [0.2, 0.25) is 0 Å². The van der Waals surface area contributed by atoms with Gasteiger partial charge >= 0.3 is 6.03 Å². The largest absolute Gasteiger partial charge is 0.493 e. The summed E-state index contributed by atoms with van der Waals surface area (Å²) in [6.07, 6.45) is 1.28. The van der Waals surface area contributed by atoms with Crippen LogP contribution in [0.3, 0.4) is 0 Å². The number of urea groups is 1. The molecule has 2 aromatic rings. The summed E-state index contributed by atoms with van der Waals surface area (Å²) in [6, 6.07) is 6.82. The number of carbonyl (C=O) groups excluding carboxylic acids is 4. The van der Waals surface area contributed by atoms with E-state index >= 15 is 0 Å². The Morgan fingerprint density at radius 2 is 1.78 bits per heavy atom. The van der Waals surface area contributed by atoms with Crippen molar-refractivity contribution < 1.29 is 28.7 Å². The Bertz CT molecular complexity index is 1150. The molecule has 0 atom stereocenters. The Balaban J connectivity index is 1.75. The summed E-state index contributed by atoms with van der Waals surface area (Å²) in [6.45, 7) is -0.345. The minimum atomic E-state index is -0.890. The minimum absolute atomic E-state index is 0.228. The highest BCUT2D eigenvalue weighted by Gasteiger charge is 2.28. The number of imide groups is 2. The van der Waals surface area contributed by atoms with Gasteiger partial charge < -0.3 is 14.8 Å². The molecular weight excluding hydrogens is 529 g/mol. The van der Waals surface area contributed by atoms with Crippen LogP contribution in [0.15, 0.2) is 40.4 Å². The van der Waals surface area contributed by atoms with Gasteiger partial charge in [-0.1, -0.05) is 23.2 Å². The average molecular weight is 543 g/mol. The molecular formula is C20H14BrCl2N3O6. The molecule has 0 spiro atoms. The Morgan fingerprint density at radius 1 is 1.09 bits per heavy atom. The van der Waals surface area contributed by atoms with Gasteiger partial charge in [0.25, 0.3) is 17.7 Å². The van der Waals surface area contributed by atoms with Crippen LogP contribution >= 0.6 is 39.1 Å². The van der Waals surface area contributed by atoms with Crippen molar-refractivity contribution in [2.45, 2.75) is 0 Å². The molecule has 1 fully saturated rings. The van der Waals surface area contributed by atoms with Gasteiger partial charge in [0.1, 0.15) is 5.57 Å². The van der Waals surface area contributed by atoms with E-state index in [1.165, 1.54) is 25.3 Å². The molecule has 1 aliphatic heterocycles. The molecule has 5 amide bonds. The number of ether oxygens (including phenoxy) is 2. The second-order valence-corrected chi connectivity index (χ2v) is 7.96. The van der Waals surface area contributed by atoms with Gasteiger partial charge in [-0.05, 0) is 57.9 Å². The molecule has 3 N–H and O–H groups in total. The van der Waals surface area contributed by atoms with Crippen molar-refractivity contribution >= 4 is 74.6 Å². The van der Waals surface area contributed by atoms with E-state index in [0.29, 0.717) is 25.8 Å². The lowest BCUT2D eigenvalue weighted by atomic mass is 10.1. The monoisotopic (exact) mass is 541 g/mol. The standard InChI is InChI=1S/C20H14BrCl2N3O6/c1-31-15-6-9(4-11-18(28)25-20(30)26-19(11)29)5-12(21)17(15)32-8-16(27)24-10-2-3-13(22)14(23)7-10/h2-7H,8H2,1H3,(H,24,27)(H2,25,26,28,29,30). The molecule has 1 heterocycles. The zero-order valence-electron chi connectivity index (χ0n) is 16.3. The van der Waals surface area contributed by atoms with Gasteiger partial charge in [-0.15, -0.1) is 0 Å². The van der Waals surface area contributed by atoms with Crippen molar-refractivity contribution in [3.63, 3.8) is 0 Å². The van der Waals surface area contributed by atoms with Crippen molar-refractivity contribution in [2.75, 3.05) is 19.0 Å². The third kappa shape index (κ3) is 5.58. The van der Waals surface area contributed by atoms with Gasteiger partial charge in [-0.2, -0.15) is 0 Å². The van der Waals surface area contributed by atoms with E-state index in [1.54, 1.807) is 18.2 Å². The number of nitrogens with one attached hydrogen (secondary N) is 3. The van der Waals surface area contributed by atoms with E-state index in [0.717, 1.165) is 0 Å². The first-order valence-corrected chi connectivity index (χ1v) is 10.4. The fraction of sp³-hybridized carbons (Fsp3) is 0.100. The van der Waals surface area contributed by atoms with Gasteiger partial charge in [0.05, 0.1) is 21.6 Å². The van der Waals surface area contributed by atoms with Crippen molar-refractivity contribution in [2.24, 2.45) is 0 Å². The van der Waals surface area contributed by atoms with Crippen LogP contribution in [0.1, 0.15) is 5.56 Å². The van der Waals surface area contributed by atoms with Gasteiger partial charge in [-0.25, -0.2) is 4.79 Å². The molecule has 1 saturated heterocycles. The molecule has 0 aromatic heterocycles. The molecule has 32 heavy (non-hydrogen) atoms. The first kappa shape index (κ1) is 23.6. The van der Waals surface area contributed by atoms with E-state index in [2.05, 4.69) is 21.2 Å². The molecule has 2 aromatic carbocycles. The summed E-state index contributed by atoms with van der Waals surface area (Å²) in [5, 5.41) is 7.26. The molecule has 0 saturated carbocycles. The topological polar surface area (TPSA) is 123 Å². The molecule has 9 nitrogen and oxygen atoms in total. The molecule has 3 rings (SSSR count). The van der Waals surface area contributed by atoms with E-state index in [-0.39, 0.29) is 23.7 Å². The summed E-state index contributed by atoms with van der Waals surface area (Å²) in [5.41, 5.74) is 0.604. The smallest absolute Gasteiger partial charge is 0.328 e. The summed E-state index contributed by atoms with van der Waals surface area (Å²) in [5.74, 6) is -1.64. The first-order valence-electron chi connectivity index (χ1n) is 8.81. The molecule has 0 unspecified atom stereocenters. The number of benzene rings is 2. The Morgan fingerprint density at radius 3 is 2.41 bits per heavy atom. The van der Waals surface area contributed by atoms with Crippen LogP contribution in [-0.4, -0.2) is 37.5 Å². The minimum Gasteiger partial charge on any atom is -0.493 e. The number of rotatable bonds is 6. The van der Waals surface area contributed by atoms with E-state index in [9.17, 15) is 19.2 Å². The second-order valence-electron chi connectivity index (χ2n) is 6.30. The second kappa shape index (κ2) is 10.0. The molecule has 12 heteroatoms. The maximum atomic E-state index is 12.2. The van der Waals surface area contributed by atoms with Crippen LogP contribution < -0.4 is 25.4 Å². The fourth-order valence-electron chi connectivity index (χ4n) is 2.64. The van der Waals surface area contributed by atoms with Crippen LogP contribution in [0, 0.1) is 0 Å². The summed E-state index contributed by atoms with van der Waals surface area (Å²) >= 11 is 15.1. The zero-order valence-corrected chi connectivity index (χ0v) is 19.4. The maximum absolute atomic E-state index is 12.2. The summed E-state index contributed by atoms with van der Waals surface area (Å²) in [4.78, 5) is 47.2. The lowest BCUT2D eigenvalue weighted by Gasteiger charge is -2.16. The summed E-state index contributed by atoms with van der Waals surface area (Å²) < 4.78 is 11.3. The van der Waals surface area contributed by atoms with Crippen molar-refractivity contribution in [1.82, 2.24) is 10.6 Å². The van der Waals surface area contributed by atoms with Gasteiger partial charge in [0.15, 0.2) is 18.1 Å². The van der Waals surface area contributed by atoms with E-state index < -0.39 is 23.8 Å². The van der Waals surface area contributed by atoms with Crippen LogP contribution in [-0.2, 0) is 14.4 Å². The maximum Gasteiger partial charge on any atom is 0.328 e. The normalized spacial score (nSPS) is 13.2. The quantitative estimate of drug-likeness (QED) is 0.379. The lowest BCUT2D eigenvalue weighted by molar-refractivity contribution is -0.124. The molecule has 0 bridgehead atoms. The number of hydrogen-bond acceptors (Lipinski definition) is 6. The molecule has 166 valence electrons.